The minimum atomic E-state index is -0.307. The second-order valence-electron chi connectivity index (χ2n) is 6.23. The second-order valence-corrected chi connectivity index (χ2v) is 6.23. The maximum absolute atomic E-state index is 12.9. The van der Waals surface area contributed by atoms with Crippen molar-refractivity contribution in [2.45, 2.75) is 26.3 Å². The summed E-state index contributed by atoms with van der Waals surface area (Å²) in [6.07, 6.45) is 1.69. The normalized spacial score (nSPS) is 10.9. The molecule has 6 nitrogen and oxygen atoms in total. The van der Waals surface area contributed by atoms with Crippen molar-refractivity contribution >= 4 is 5.91 Å². The van der Waals surface area contributed by atoms with Gasteiger partial charge >= 0.3 is 0 Å². The lowest BCUT2D eigenvalue weighted by molar-refractivity contribution is 0.0675. The molecule has 0 saturated carbocycles. The fourth-order valence-electron chi connectivity index (χ4n) is 2.70. The van der Waals surface area contributed by atoms with E-state index in [-0.39, 0.29) is 22.9 Å². The molecule has 0 unspecified atom stereocenters. The maximum Gasteiger partial charge on any atom is 0.263 e. The number of hydrogen-bond donors (Lipinski definition) is 0. The van der Waals surface area contributed by atoms with Crippen LogP contribution in [0.15, 0.2) is 41.3 Å². The molecule has 2 heterocycles. The van der Waals surface area contributed by atoms with E-state index in [9.17, 15) is 9.59 Å². The number of ether oxygens (including phenoxy) is 1. The van der Waals surface area contributed by atoms with Gasteiger partial charge in [-0.15, -0.1) is 0 Å². The van der Waals surface area contributed by atoms with Gasteiger partial charge in [-0.1, -0.05) is 19.9 Å². The van der Waals surface area contributed by atoms with E-state index in [1.807, 2.05) is 38.1 Å². The Hall–Kier alpha value is -2.47. The first-order valence-corrected chi connectivity index (χ1v) is 8.33. The topological polar surface area (TPSA) is 64.4 Å². The Bertz CT molecular complexity index is 769. The third-order valence-corrected chi connectivity index (χ3v) is 4.10. The molecule has 2 aromatic rings. The molecule has 0 aliphatic carbocycles. The summed E-state index contributed by atoms with van der Waals surface area (Å²) < 4.78 is 6.65. The van der Waals surface area contributed by atoms with Gasteiger partial charge in [0.15, 0.2) is 0 Å². The van der Waals surface area contributed by atoms with E-state index < -0.39 is 0 Å². The van der Waals surface area contributed by atoms with E-state index >= 15 is 0 Å². The van der Waals surface area contributed by atoms with Crippen molar-refractivity contribution in [2.75, 3.05) is 20.3 Å². The molecule has 2 rings (SSSR count). The van der Waals surface area contributed by atoms with Crippen LogP contribution in [-0.4, -0.2) is 40.6 Å². The first-order valence-electron chi connectivity index (χ1n) is 8.33. The summed E-state index contributed by atoms with van der Waals surface area (Å²) in [6.45, 7) is 5.15. The van der Waals surface area contributed by atoms with Gasteiger partial charge in [0.2, 0.25) is 0 Å². The van der Waals surface area contributed by atoms with Crippen LogP contribution in [0.25, 0.3) is 0 Å². The van der Waals surface area contributed by atoms with E-state index in [1.54, 1.807) is 35.9 Å². The molecule has 0 atom stereocenters. The van der Waals surface area contributed by atoms with Gasteiger partial charge in [0, 0.05) is 32.6 Å². The standard InChI is InChI=1S/C19H25N3O3/c1-14(2)17-9-8-16(18(23)21(17)3)19(24)22(11-12-25-4)13-15-7-5-6-10-20-15/h5-10,14H,11-13H2,1-4H3. The molecule has 6 heteroatoms. The number of aromatic nitrogens is 2. The van der Waals surface area contributed by atoms with E-state index in [0.29, 0.717) is 19.7 Å². The largest absolute Gasteiger partial charge is 0.383 e. The van der Waals surface area contributed by atoms with E-state index in [0.717, 1.165) is 11.4 Å². The van der Waals surface area contributed by atoms with Crippen LogP contribution in [0.1, 0.15) is 41.5 Å². The smallest absolute Gasteiger partial charge is 0.263 e. The molecule has 0 radical (unpaired) electrons. The molecule has 0 aliphatic rings. The highest BCUT2D eigenvalue weighted by molar-refractivity contribution is 5.93. The Balaban J connectivity index is 2.33. The summed E-state index contributed by atoms with van der Waals surface area (Å²) >= 11 is 0. The van der Waals surface area contributed by atoms with Gasteiger partial charge in [0.25, 0.3) is 11.5 Å². The number of carbonyl (C=O) groups excluding carboxylic acids is 1. The summed E-state index contributed by atoms with van der Waals surface area (Å²) in [7, 11) is 3.28. The summed E-state index contributed by atoms with van der Waals surface area (Å²) in [5.41, 5.74) is 1.55. The summed E-state index contributed by atoms with van der Waals surface area (Å²) in [4.78, 5) is 31.4. The Morgan fingerprint density at radius 2 is 2.04 bits per heavy atom. The maximum atomic E-state index is 12.9. The van der Waals surface area contributed by atoms with Crippen LogP contribution in [0.4, 0.5) is 0 Å². The monoisotopic (exact) mass is 343 g/mol. The van der Waals surface area contributed by atoms with Crippen molar-refractivity contribution in [3.8, 4) is 0 Å². The number of amides is 1. The molecule has 134 valence electrons. The van der Waals surface area contributed by atoms with Crippen LogP contribution in [0.5, 0.6) is 0 Å². The molecule has 2 aromatic heterocycles. The molecule has 1 amide bonds. The van der Waals surface area contributed by atoms with Crippen molar-refractivity contribution < 1.29 is 9.53 Å². The van der Waals surface area contributed by atoms with Crippen molar-refractivity contribution in [3.63, 3.8) is 0 Å². The molecular weight excluding hydrogens is 318 g/mol. The molecule has 0 saturated heterocycles. The Labute approximate surface area is 148 Å². The lowest BCUT2D eigenvalue weighted by atomic mass is 10.1. The van der Waals surface area contributed by atoms with Crippen LogP contribution in [0.3, 0.4) is 0 Å². The minimum absolute atomic E-state index is 0.166. The predicted molar refractivity (Wildman–Crippen MR) is 96.6 cm³/mol. The van der Waals surface area contributed by atoms with E-state index in [1.165, 1.54) is 0 Å². The van der Waals surface area contributed by atoms with Gasteiger partial charge < -0.3 is 14.2 Å². The average Bonchev–Trinajstić information content (AvgIpc) is 2.61. The van der Waals surface area contributed by atoms with Crippen LogP contribution in [-0.2, 0) is 18.3 Å². The molecular formula is C19H25N3O3. The van der Waals surface area contributed by atoms with Crippen molar-refractivity contribution in [1.29, 1.82) is 0 Å². The van der Waals surface area contributed by atoms with Crippen LogP contribution in [0, 0.1) is 0 Å². The fraction of sp³-hybridized carbons (Fsp3) is 0.421. The number of carbonyl (C=O) groups is 1. The van der Waals surface area contributed by atoms with Gasteiger partial charge in [-0.25, -0.2) is 0 Å². The Morgan fingerprint density at radius 3 is 2.64 bits per heavy atom. The lowest BCUT2D eigenvalue weighted by Gasteiger charge is -2.22. The van der Waals surface area contributed by atoms with Gasteiger partial charge in [-0.3, -0.25) is 14.6 Å². The van der Waals surface area contributed by atoms with Crippen molar-refractivity contribution in [3.05, 3.63) is 63.8 Å². The van der Waals surface area contributed by atoms with Crippen molar-refractivity contribution in [2.24, 2.45) is 7.05 Å². The highest BCUT2D eigenvalue weighted by Gasteiger charge is 2.21. The highest BCUT2D eigenvalue weighted by atomic mass is 16.5. The lowest BCUT2D eigenvalue weighted by Crippen LogP contribution is -2.38. The highest BCUT2D eigenvalue weighted by Crippen LogP contribution is 2.13. The number of pyridine rings is 2. The third-order valence-electron chi connectivity index (χ3n) is 4.10. The summed E-state index contributed by atoms with van der Waals surface area (Å²) in [5, 5.41) is 0. The molecule has 25 heavy (non-hydrogen) atoms. The first kappa shape index (κ1) is 18.9. The summed E-state index contributed by atoms with van der Waals surface area (Å²) in [6, 6.07) is 9.02. The molecule has 0 fully saturated rings. The quantitative estimate of drug-likeness (QED) is 0.773. The second kappa shape index (κ2) is 8.58. The SMILES string of the molecule is COCCN(Cc1ccccn1)C(=O)c1ccc(C(C)C)n(C)c1=O. The summed E-state index contributed by atoms with van der Waals surface area (Å²) in [5.74, 6) is -0.0985. The van der Waals surface area contributed by atoms with Crippen LogP contribution in [0.2, 0.25) is 0 Å². The molecule has 0 spiro atoms. The number of methoxy groups -OCH3 is 1. The molecule has 0 N–H and O–H groups in total. The number of nitrogens with zero attached hydrogens (tertiary/aromatic N) is 3. The minimum Gasteiger partial charge on any atom is -0.383 e. The van der Waals surface area contributed by atoms with E-state index in [2.05, 4.69) is 4.98 Å². The van der Waals surface area contributed by atoms with E-state index in [4.69, 9.17) is 4.74 Å². The first-order chi connectivity index (χ1) is 12.0. The average molecular weight is 343 g/mol. The Morgan fingerprint density at radius 1 is 1.28 bits per heavy atom. The Kier molecular flexibility index (Phi) is 6.47. The molecule has 0 bridgehead atoms. The fourth-order valence-corrected chi connectivity index (χ4v) is 2.70. The zero-order valence-electron chi connectivity index (χ0n) is 15.2. The van der Waals surface area contributed by atoms with Gasteiger partial charge in [-0.2, -0.15) is 0 Å². The van der Waals surface area contributed by atoms with Gasteiger partial charge in [0.05, 0.1) is 18.8 Å². The van der Waals surface area contributed by atoms with Crippen molar-refractivity contribution in [1.82, 2.24) is 14.5 Å². The predicted octanol–water partition coefficient (Wildman–Crippen LogP) is 2.19. The number of rotatable bonds is 7. The van der Waals surface area contributed by atoms with Crippen LogP contribution < -0.4 is 5.56 Å². The zero-order valence-corrected chi connectivity index (χ0v) is 15.2. The third kappa shape index (κ3) is 4.54. The van der Waals surface area contributed by atoms with Gasteiger partial charge in [0.1, 0.15) is 5.56 Å². The molecule has 0 aliphatic heterocycles. The van der Waals surface area contributed by atoms with Gasteiger partial charge in [-0.05, 0) is 30.2 Å². The zero-order chi connectivity index (χ0) is 18.4. The van der Waals surface area contributed by atoms with Crippen LogP contribution >= 0.6 is 0 Å². The number of hydrogen-bond acceptors (Lipinski definition) is 4. The molecule has 0 aromatic carbocycles.